The average molecular weight is 1030 g/mol. The Balaban J connectivity index is 5.29. The number of rotatable bonds is 55. The molecule has 0 aliphatic heterocycles. The fourth-order valence-corrected chi connectivity index (χ4v) is 9.49. The molecule has 0 saturated heterocycles. The predicted molar refractivity (Wildman–Crippen MR) is 307 cm³/mol. The molecule has 0 spiro atoms. The van der Waals surface area contributed by atoms with Gasteiger partial charge in [-0.2, -0.15) is 0 Å². The molecule has 422 valence electrons. The Morgan fingerprint density at radius 2 is 0.847 bits per heavy atom. The summed E-state index contributed by atoms with van der Waals surface area (Å²) in [6.07, 6.45) is 63.5. The Kier molecular flexibility index (Phi) is 50.9. The summed E-state index contributed by atoms with van der Waals surface area (Å²) >= 11 is 0. The van der Waals surface area contributed by atoms with Gasteiger partial charge in [-0.15, -0.1) is 0 Å². The molecule has 10 heteroatoms. The van der Waals surface area contributed by atoms with Crippen LogP contribution in [0.15, 0.2) is 48.6 Å². The molecule has 0 heterocycles. The lowest BCUT2D eigenvalue weighted by atomic mass is 10.0. The van der Waals surface area contributed by atoms with E-state index in [4.69, 9.17) is 13.8 Å². The van der Waals surface area contributed by atoms with Crippen LogP contribution in [0.2, 0.25) is 0 Å². The molecule has 72 heavy (non-hydrogen) atoms. The van der Waals surface area contributed by atoms with Crippen LogP contribution in [0, 0.1) is 0 Å². The van der Waals surface area contributed by atoms with Crippen LogP contribution in [0.4, 0.5) is 0 Å². The number of amides is 1. The molecule has 0 aliphatic rings. The highest BCUT2D eigenvalue weighted by Crippen LogP contribution is 2.38. The number of nitrogens with zero attached hydrogens (tertiary/aromatic N) is 1. The summed E-state index contributed by atoms with van der Waals surface area (Å²) in [7, 11) is 1.18. The molecule has 0 rings (SSSR count). The summed E-state index contributed by atoms with van der Waals surface area (Å²) in [6, 6.07) is -0.890. The summed E-state index contributed by atoms with van der Waals surface area (Å²) in [6.45, 7) is 6.83. The summed E-state index contributed by atoms with van der Waals surface area (Å²) in [5.41, 5.74) is 0. The van der Waals surface area contributed by atoms with Gasteiger partial charge in [0.1, 0.15) is 19.3 Å². The third-order valence-electron chi connectivity index (χ3n) is 13.5. The third kappa shape index (κ3) is 52.8. The normalized spacial score (nSPS) is 14.0. The molecule has 3 atom stereocenters. The summed E-state index contributed by atoms with van der Waals surface area (Å²) in [5.74, 6) is -0.546. The van der Waals surface area contributed by atoms with Crippen molar-refractivity contribution in [3.8, 4) is 0 Å². The number of phosphoric acid groups is 1. The van der Waals surface area contributed by atoms with E-state index in [1.807, 2.05) is 33.3 Å². The quantitative estimate of drug-likeness (QED) is 0.0212. The van der Waals surface area contributed by atoms with Crippen molar-refractivity contribution in [1.29, 1.82) is 0 Å². The number of nitrogens with one attached hydrogen (secondary N) is 1. The van der Waals surface area contributed by atoms with Gasteiger partial charge in [0, 0.05) is 12.8 Å². The van der Waals surface area contributed by atoms with Crippen LogP contribution in [0.25, 0.3) is 0 Å². The molecule has 9 nitrogen and oxygen atoms in total. The van der Waals surface area contributed by atoms with E-state index in [-0.39, 0.29) is 31.5 Å². The van der Waals surface area contributed by atoms with Crippen LogP contribution in [-0.4, -0.2) is 69.4 Å². The van der Waals surface area contributed by atoms with Crippen molar-refractivity contribution >= 4 is 19.7 Å². The summed E-state index contributed by atoms with van der Waals surface area (Å²) in [4.78, 5) is 39.9. The number of hydrogen-bond acceptors (Lipinski definition) is 7. The van der Waals surface area contributed by atoms with Gasteiger partial charge in [-0.1, -0.05) is 250 Å². The zero-order valence-electron chi connectivity index (χ0n) is 48.1. The van der Waals surface area contributed by atoms with Gasteiger partial charge in [0.15, 0.2) is 0 Å². The second kappa shape index (κ2) is 52.4. The zero-order valence-corrected chi connectivity index (χ0v) is 49.0. The molecule has 0 aromatic heterocycles. The zero-order chi connectivity index (χ0) is 52.9. The number of allylic oxidation sites excluding steroid dienone is 7. The Morgan fingerprint density at radius 3 is 1.29 bits per heavy atom. The number of ether oxygens (including phenoxy) is 1. The largest absolute Gasteiger partial charge is 0.756 e. The van der Waals surface area contributed by atoms with Gasteiger partial charge in [-0.05, 0) is 70.3 Å². The van der Waals surface area contributed by atoms with Crippen molar-refractivity contribution in [3.63, 3.8) is 0 Å². The van der Waals surface area contributed by atoms with Crippen LogP contribution in [-0.2, 0) is 27.9 Å². The molecule has 0 aromatic rings. The SMILES string of the molecule is CCCCC/C=C\C/C=C\C/C=C\CCCCCCCCC(=O)OC(/C=C/CCCCCCCCCCCC)C(COP(=O)([O-])OCC[N+](C)(C)C)NC(=O)CCCCCCCCCCCCCCCCC. The lowest BCUT2D eigenvalue weighted by Crippen LogP contribution is -2.47. The second-order valence-electron chi connectivity index (χ2n) is 21.9. The maximum atomic E-state index is 13.5. The van der Waals surface area contributed by atoms with Gasteiger partial charge in [-0.25, -0.2) is 0 Å². The van der Waals surface area contributed by atoms with Crippen molar-refractivity contribution in [2.45, 2.75) is 296 Å². The molecular formula is C62H117N2O7P. The Labute approximate surface area is 446 Å². The maximum absolute atomic E-state index is 13.5. The first-order chi connectivity index (χ1) is 34.9. The molecule has 0 bridgehead atoms. The number of likely N-dealkylation sites (N-methyl/N-ethyl adjacent to an activating group) is 1. The van der Waals surface area contributed by atoms with E-state index in [2.05, 4.69) is 62.5 Å². The van der Waals surface area contributed by atoms with E-state index in [0.29, 0.717) is 17.4 Å². The standard InChI is InChI=1S/C62H117N2O7P/c1-7-10-13-16-19-22-25-28-30-31-32-33-35-37-40-43-46-49-52-55-62(66)71-60(53-50-47-44-41-38-27-24-21-18-15-12-9-3)59(58-70-72(67,68)69-57-56-64(4,5)6)63-61(65)54-51-48-45-42-39-36-34-29-26-23-20-17-14-11-8-2/h19,22,28,30,32-33,50,53,59-60H,7-18,20-21,23-27,29,31,34-49,51-52,54-58H2,1-6H3,(H-,63,65,67,68)/b22-19-,30-28-,33-32-,53-50+. The van der Waals surface area contributed by atoms with E-state index in [9.17, 15) is 19.0 Å². The topological polar surface area (TPSA) is 114 Å². The van der Waals surface area contributed by atoms with Crippen LogP contribution in [0.5, 0.6) is 0 Å². The van der Waals surface area contributed by atoms with Gasteiger partial charge in [-0.3, -0.25) is 14.2 Å². The number of carbonyl (C=O) groups excluding carboxylic acids is 2. The summed E-state index contributed by atoms with van der Waals surface area (Å²) in [5, 5.41) is 3.03. The van der Waals surface area contributed by atoms with E-state index in [0.717, 1.165) is 83.5 Å². The van der Waals surface area contributed by atoms with Crippen molar-refractivity contribution in [2.75, 3.05) is 40.9 Å². The highest BCUT2D eigenvalue weighted by atomic mass is 31.2. The predicted octanol–water partition coefficient (Wildman–Crippen LogP) is 17.9. The smallest absolute Gasteiger partial charge is 0.306 e. The third-order valence-corrected chi connectivity index (χ3v) is 14.5. The molecule has 3 unspecified atom stereocenters. The first-order valence-corrected chi connectivity index (χ1v) is 31.9. The molecule has 0 aromatic carbocycles. The highest BCUT2D eigenvalue weighted by Gasteiger charge is 2.27. The Hall–Kier alpha value is -2.03. The fourth-order valence-electron chi connectivity index (χ4n) is 8.76. The molecule has 0 saturated carbocycles. The van der Waals surface area contributed by atoms with Gasteiger partial charge >= 0.3 is 5.97 Å². The van der Waals surface area contributed by atoms with Crippen molar-refractivity contribution in [3.05, 3.63) is 48.6 Å². The molecule has 0 fully saturated rings. The van der Waals surface area contributed by atoms with Gasteiger partial charge < -0.3 is 28.5 Å². The summed E-state index contributed by atoms with van der Waals surface area (Å²) < 4.78 is 30.3. The molecule has 1 N–H and O–H groups in total. The van der Waals surface area contributed by atoms with Crippen LogP contribution < -0.4 is 10.2 Å². The molecule has 0 aliphatic carbocycles. The first kappa shape index (κ1) is 70.0. The minimum absolute atomic E-state index is 0.0235. The number of unbranched alkanes of at least 4 members (excludes halogenated alkanes) is 33. The van der Waals surface area contributed by atoms with Gasteiger partial charge in [0.25, 0.3) is 7.82 Å². The van der Waals surface area contributed by atoms with E-state index < -0.39 is 20.0 Å². The monoisotopic (exact) mass is 1030 g/mol. The van der Waals surface area contributed by atoms with E-state index in [1.165, 1.54) is 167 Å². The van der Waals surface area contributed by atoms with Crippen LogP contribution >= 0.6 is 7.82 Å². The minimum atomic E-state index is -4.70. The van der Waals surface area contributed by atoms with Crippen LogP contribution in [0.1, 0.15) is 284 Å². The van der Waals surface area contributed by atoms with Crippen LogP contribution in [0.3, 0.4) is 0 Å². The number of quaternary nitrogens is 1. The maximum Gasteiger partial charge on any atom is 0.306 e. The Bertz CT molecular complexity index is 1380. The van der Waals surface area contributed by atoms with Crippen molar-refractivity contribution in [2.24, 2.45) is 0 Å². The number of esters is 1. The average Bonchev–Trinajstić information content (AvgIpc) is 3.34. The number of phosphoric ester groups is 1. The molecule has 0 radical (unpaired) electrons. The lowest BCUT2D eigenvalue weighted by molar-refractivity contribution is -0.870. The van der Waals surface area contributed by atoms with E-state index >= 15 is 0 Å². The van der Waals surface area contributed by atoms with Gasteiger partial charge in [0.2, 0.25) is 5.91 Å². The Morgan fingerprint density at radius 1 is 0.486 bits per heavy atom. The first-order valence-electron chi connectivity index (χ1n) is 30.4. The van der Waals surface area contributed by atoms with Crippen molar-refractivity contribution < 1.29 is 37.3 Å². The molecular weight excluding hydrogens is 916 g/mol. The fraction of sp³-hybridized carbons (Fsp3) is 0.839. The lowest BCUT2D eigenvalue weighted by Gasteiger charge is -2.30. The van der Waals surface area contributed by atoms with E-state index in [1.54, 1.807) is 0 Å². The minimum Gasteiger partial charge on any atom is -0.756 e. The van der Waals surface area contributed by atoms with Gasteiger partial charge in [0.05, 0.1) is 33.8 Å². The highest BCUT2D eigenvalue weighted by molar-refractivity contribution is 7.45. The van der Waals surface area contributed by atoms with Crippen molar-refractivity contribution in [1.82, 2.24) is 5.32 Å². The molecule has 1 amide bonds. The number of hydrogen-bond donors (Lipinski definition) is 1. The number of carbonyl (C=O) groups is 2. The second-order valence-corrected chi connectivity index (χ2v) is 23.3.